The van der Waals surface area contributed by atoms with Gasteiger partial charge in [0, 0.05) is 11.4 Å². The van der Waals surface area contributed by atoms with Crippen LogP contribution >= 0.6 is 15.9 Å². The fraction of sp³-hybridized carbons (Fsp3) is 0.412. The van der Waals surface area contributed by atoms with Crippen LogP contribution in [0.15, 0.2) is 22.7 Å². The smallest absolute Gasteiger partial charge is 0.229 e. The second-order valence-electron chi connectivity index (χ2n) is 5.82. The highest BCUT2D eigenvalue weighted by Gasteiger charge is 2.18. The van der Waals surface area contributed by atoms with Crippen molar-refractivity contribution in [1.29, 1.82) is 0 Å². The van der Waals surface area contributed by atoms with Crippen molar-refractivity contribution in [2.75, 3.05) is 5.32 Å². The molecule has 1 heterocycles. The molecule has 5 heteroatoms. The summed E-state index contributed by atoms with van der Waals surface area (Å²) in [4.78, 5) is 12.5. The number of halogens is 1. The van der Waals surface area contributed by atoms with Crippen LogP contribution in [0, 0.1) is 33.6 Å². The average molecular weight is 364 g/mol. The van der Waals surface area contributed by atoms with E-state index in [9.17, 15) is 4.79 Å². The van der Waals surface area contributed by atoms with E-state index in [4.69, 9.17) is 0 Å². The van der Waals surface area contributed by atoms with Crippen LogP contribution in [-0.4, -0.2) is 15.7 Å². The quantitative estimate of drug-likeness (QED) is 0.886. The van der Waals surface area contributed by atoms with Crippen molar-refractivity contribution < 1.29 is 4.79 Å². The third-order valence-electron chi connectivity index (χ3n) is 3.92. The first-order valence-corrected chi connectivity index (χ1v) is 8.17. The van der Waals surface area contributed by atoms with E-state index in [0.29, 0.717) is 6.54 Å². The molecule has 4 nitrogen and oxygen atoms in total. The van der Waals surface area contributed by atoms with Crippen LogP contribution < -0.4 is 5.32 Å². The number of para-hydroxylation sites is 1. The lowest BCUT2D eigenvalue weighted by Gasteiger charge is -2.16. The van der Waals surface area contributed by atoms with Crippen LogP contribution in [0.3, 0.4) is 0 Å². The van der Waals surface area contributed by atoms with Crippen LogP contribution in [0.1, 0.15) is 29.4 Å². The van der Waals surface area contributed by atoms with Gasteiger partial charge in [0.2, 0.25) is 5.91 Å². The highest BCUT2D eigenvalue weighted by atomic mass is 79.9. The molecule has 22 heavy (non-hydrogen) atoms. The molecule has 0 radical (unpaired) electrons. The molecule has 0 bridgehead atoms. The largest absolute Gasteiger partial charge is 0.325 e. The first-order valence-electron chi connectivity index (χ1n) is 7.37. The zero-order valence-electron chi connectivity index (χ0n) is 13.7. The first-order chi connectivity index (χ1) is 10.3. The first kappa shape index (κ1) is 16.7. The molecule has 1 atom stereocenters. The molecule has 2 aromatic rings. The van der Waals surface area contributed by atoms with Gasteiger partial charge in [-0.3, -0.25) is 9.48 Å². The summed E-state index contributed by atoms with van der Waals surface area (Å²) in [6.45, 7) is 10.5. The number of nitrogens with one attached hydrogen (secondary N) is 1. The molecule has 0 aliphatic carbocycles. The minimum Gasteiger partial charge on any atom is -0.325 e. The molecule has 1 unspecified atom stereocenters. The van der Waals surface area contributed by atoms with Crippen molar-refractivity contribution in [2.24, 2.45) is 5.92 Å². The highest BCUT2D eigenvalue weighted by Crippen LogP contribution is 2.22. The number of anilines is 1. The standard InChI is InChI=1S/C17H22BrN3O/c1-10-7-6-8-11(2)16(10)19-17(22)12(3)9-21-14(5)15(18)13(4)20-21/h6-8,12H,9H2,1-5H3,(H,19,22). The van der Waals surface area contributed by atoms with Gasteiger partial charge in [-0.1, -0.05) is 25.1 Å². The molecule has 1 aromatic heterocycles. The van der Waals surface area contributed by atoms with Crippen molar-refractivity contribution >= 4 is 27.5 Å². The summed E-state index contributed by atoms with van der Waals surface area (Å²) in [5.41, 5.74) is 5.06. The van der Waals surface area contributed by atoms with E-state index in [1.165, 1.54) is 0 Å². The lowest BCUT2D eigenvalue weighted by molar-refractivity contribution is -0.119. The van der Waals surface area contributed by atoms with Crippen LogP contribution in [0.2, 0.25) is 0 Å². The molecule has 1 N–H and O–H groups in total. The van der Waals surface area contributed by atoms with E-state index >= 15 is 0 Å². The molecule has 118 valence electrons. The van der Waals surface area contributed by atoms with Gasteiger partial charge in [-0.05, 0) is 54.8 Å². The lowest BCUT2D eigenvalue weighted by atomic mass is 10.1. The topological polar surface area (TPSA) is 46.9 Å². The van der Waals surface area contributed by atoms with Crippen LogP contribution in [0.4, 0.5) is 5.69 Å². The molecule has 0 saturated carbocycles. The summed E-state index contributed by atoms with van der Waals surface area (Å²) in [6.07, 6.45) is 0. The van der Waals surface area contributed by atoms with Crippen LogP contribution in [0.25, 0.3) is 0 Å². The van der Waals surface area contributed by atoms with E-state index in [-0.39, 0.29) is 11.8 Å². The van der Waals surface area contributed by atoms with Gasteiger partial charge in [0.05, 0.1) is 22.6 Å². The number of aromatic nitrogens is 2. The van der Waals surface area contributed by atoms with E-state index < -0.39 is 0 Å². The summed E-state index contributed by atoms with van der Waals surface area (Å²) in [6, 6.07) is 6.01. The molecule has 2 rings (SSSR count). The monoisotopic (exact) mass is 363 g/mol. The number of hydrogen-bond acceptors (Lipinski definition) is 2. The Morgan fingerprint density at radius 1 is 1.27 bits per heavy atom. The molecular weight excluding hydrogens is 342 g/mol. The van der Waals surface area contributed by atoms with Gasteiger partial charge in [-0.15, -0.1) is 0 Å². The third kappa shape index (κ3) is 3.40. The number of amides is 1. The molecule has 1 aromatic carbocycles. The van der Waals surface area contributed by atoms with E-state index in [1.807, 2.05) is 57.5 Å². The molecular formula is C17H22BrN3O. The van der Waals surface area contributed by atoms with Crippen molar-refractivity contribution in [3.63, 3.8) is 0 Å². The zero-order valence-corrected chi connectivity index (χ0v) is 15.3. The summed E-state index contributed by atoms with van der Waals surface area (Å²) in [7, 11) is 0. The molecule has 0 fully saturated rings. The zero-order chi connectivity index (χ0) is 16.4. The van der Waals surface area contributed by atoms with Gasteiger partial charge in [0.25, 0.3) is 0 Å². The van der Waals surface area contributed by atoms with Gasteiger partial charge < -0.3 is 5.32 Å². The molecule has 0 aliphatic rings. The normalized spacial score (nSPS) is 12.3. The number of aryl methyl sites for hydroxylation is 3. The SMILES string of the molecule is Cc1cccc(C)c1NC(=O)C(C)Cn1nc(C)c(Br)c1C. The second kappa shape index (κ2) is 6.65. The molecule has 1 amide bonds. The van der Waals surface area contributed by atoms with Crippen molar-refractivity contribution in [3.05, 3.63) is 45.2 Å². The Bertz CT molecular complexity index is 686. The Balaban J connectivity index is 2.11. The minimum atomic E-state index is -0.163. The van der Waals surface area contributed by atoms with Crippen molar-refractivity contribution in [1.82, 2.24) is 9.78 Å². The van der Waals surface area contributed by atoms with E-state index in [1.54, 1.807) is 0 Å². The van der Waals surface area contributed by atoms with Crippen LogP contribution in [0.5, 0.6) is 0 Å². The fourth-order valence-corrected chi connectivity index (χ4v) is 2.74. The second-order valence-corrected chi connectivity index (χ2v) is 6.62. The van der Waals surface area contributed by atoms with Gasteiger partial charge >= 0.3 is 0 Å². The summed E-state index contributed by atoms with van der Waals surface area (Å²) in [5, 5.41) is 7.51. The van der Waals surface area contributed by atoms with E-state index in [0.717, 1.165) is 32.7 Å². The molecule has 0 aliphatic heterocycles. The number of nitrogens with zero attached hydrogens (tertiary/aromatic N) is 2. The number of carbonyl (C=O) groups excluding carboxylic acids is 1. The Hall–Kier alpha value is -1.62. The summed E-state index contributed by atoms with van der Waals surface area (Å²) < 4.78 is 2.89. The number of benzene rings is 1. The summed E-state index contributed by atoms with van der Waals surface area (Å²) in [5.74, 6) is -0.148. The maximum Gasteiger partial charge on any atom is 0.229 e. The predicted octanol–water partition coefficient (Wildman–Crippen LogP) is 4.15. The Labute approximate surface area is 140 Å². The van der Waals surface area contributed by atoms with Gasteiger partial charge in [-0.2, -0.15) is 5.10 Å². The predicted molar refractivity (Wildman–Crippen MR) is 93.1 cm³/mol. The highest BCUT2D eigenvalue weighted by molar-refractivity contribution is 9.10. The average Bonchev–Trinajstić information content (AvgIpc) is 2.70. The fourth-order valence-electron chi connectivity index (χ4n) is 2.45. The summed E-state index contributed by atoms with van der Waals surface area (Å²) >= 11 is 3.52. The number of rotatable bonds is 4. The Morgan fingerprint density at radius 2 is 1.86 bits per heavy atom. The Kier molecular flexibility index (Phi) is 5.06. The third-order valence-corrected chi connectivity index (χ3v) is 5.06. The number of hydrogen-bond donors (Lipinski definition) is 1. The van der Waals surface area contributed by atoms with Crippen molar-refractivity contribution in [2.45, 2.75) is 41.2 Å². The minimum absolute atomic E-state index is 0.0149. The number of carbonyl (C=O) groups is 1. The lowest BCUT2D eigenvalue weighted by Crippen LogP contribution is -2.26. The van der Waals surface area contributed by atoms with Gasteiger partial charge in [-0.25, -0.2) is 0 Å². The van der Waals surface area contributed by atoms with E-state index in [2.05, 4.69) is 26.3 Å². The maximum atomic E-state index is 12.5. The molecule has 0 spiro atoms. The van der Waals surface area contributed by atoms with Gasteiger partial charge in [0.15, 0.2) is 0 Å². The Morgan fingerprint density at radius 3 is 2.36 bits per heavy atom. The van der Waals surface area contributed by atoms with Crippen molar-refractivity contribution in [3.8, 4) is 0 Å². The molecule has 0 saturated heterocycles. The maximum absolute atomic E-state index is 12.5. The van der Waals surface area contributed by atoms with Gasteiger partial charge in [0.1, 0.15) is 0 Å². The van der Waals surface area contributed by atoms with Crippen LogP contribution in [-0.2, 0) is 11.3 Å².